The van der Waals surface area contributed by atoms with Crippen LogP contribution in [0.4, 0.5) is 0 Å². The van der Waals surface area contributed by atoms with E-state index in [-0.39, 0.29) is 35.6 Å². The molecule has 2 heterocycles. The Kier molecular flexibility index (Phi) is 5.69. The maximum absolute atomic E-state index is 14.8. The molecule has 5 aliphatic rings. The number of esters is 1. The number of aliphatic hydroxyl groups is 1. The van der Waals surface area contributed by atoms with Gasteiger partial charge in [0, 0.05) is 5.92 Å². The fourth-order valence-corrected chi connectivity index (χ4v) is 8.62. The third kappa shape index (κ3) is 3.51. The Hall–Kier alpha value is -2.29. The van der Waals surface area contributed by atoms with E-state index < -0.39 is 40.5 Å². The number of aromatic nitrogens is 2. The third-order valence-corrected chi connectivity index (χ3v) is 10.6. The highest BCUT2D eigenvalue weighted by molar-refractivity contribution is 5.96. The van der Waals surface area contributed by atoms with Crippen molar-refractivity contribution in [3.05, 3.63) is 40.8 Å². The second-order valence-corrected chi connectivity index (χ2v) is 15.0. The van der Waals surface area contributed by atoms with Gasteiger partial charge in [0.2, 0.25) is 0 Å². The van der Waals surface area contributed by atoms with Crippen molar-refractivity contribution in [2.75, 3.05) is 6.61 Å². The van der Waals surface area contributed by atoms with Gasteiger partial charge in [0.1, 0.15) is 11.8 Å². The second kappa shape index (κ2) is 8.17. The molecule has 1 spiro atoms. The molecule has 8 nitrogen and oxygen atoms in total. The van der Waals surface area contributed by atoms with Crippen molar-refractivity contribution in [2.24, 2.45) is 34.5 Å². The highest BCUT2D eigenvalue weighted by Gasteiger charge is 2.77. The zero-order chi connectivity index (χ0) is 29.4. The molecule has 1 N–H and O–H groups in total. The molecular weight excluding hydrogens is 508 g/mol. The minimum atomic E-state index is -1.84. The quantitative estimate of drug-likeness (QED) is 0.418. The molecule has 0 aromatic carbocycles. The first-order chi connectivity index (χ1) is 18.4. The summed E-state index contributed by atoms with van der Waals surface area (Å²) in [5.41, 5.74) is -1.12. The smallest absolute Gasteiger partial charge is 0.357 e. The summed E-state index contributed by atoms with van der Waals surface area (Å²) in [7, 11) is 0. The van der Waals surface area contributed by atoms with Crippen LogP contribution in [0.5, 0.6) is 0 Å². The standard InChI is InChI=1S/C32H44N2O6/c1-16-14-31-17(2)11-21-23(29(21,7)8)20(24(31)35)13-19-15-38-30(9,10)40-26(19)32(31,37)25(16)39-27(36)22-12-18(3)33-34(22)28(4,5)6/h12-14,17,20-21,23,25-26,37H,11,15H2,1-10H3/t17?,20-,21+,23-,25-,26+,31?,32+/m0/s1. The van der Waals surface area contributed by atoms with Crippen molar-refractivity contribution in [1.82, 2.24) is 9.78 Å². The van der Waals surface area contributed by atoms with Crippen LogP contribution in [-0.2, 0) is 24.5 Å². The summed E-state index contributed by atoms with van der Waals surface area (Å²) >= 11 is 0. The van der Waals surface area contributed by atoms with Crippen molar-refractivity contribution in [3.8, 4) is 0 Å². The molecule has 1 aromatic heterocycles. The third-order valence-electron chi connectivity index (χ3n) is 10.6. The minimum absolute atomic E-state index is 0.00245. The summed E-state index contributed by atoms with van der Waals surface area (Å²) in [5.74, 6) is -1.58. The molecule has 4 aliphatic carbocycles. The Morgan fingerprint density at radius 3 is 2.52 bits per heavy atom. The molecule has 6 rings (SSSR count). The van der Waals surface area contributed by atoms with Gasteiger partial charge < -0.3 is 19.3 Å². The van der Waals surface area contributed by atoms with Crippen LogP contribution in [0.1, 0.15) is 84.9 Å². The number of ether oxygens (including phenoxy) is 3. The van der Waals surface area contributed by atoms with Crippen LogP contribution in [0.15, 0.2) is 29.4 Å². The average Bonchev–Trinajstić information content (AvgIpc) is 3.10. The molecule has 2 unspecified atom stereocenters. The van der Waals surface area contributed by atoms with E-state index >= 15 is 0 Å². The lowest BCUT2D eigenvalue weighted by atomic mass is 9.59. The summed E-state index contributed by atoms with van der Waals surface area (Å²) in [6.07, 6.45) is 2.77. The molecule has 1 aliphatic heterocycles. The molecule has 2 saturated carbocycles. The first kappa shape index (κ1) is 27.9. The van der Waals surface area contributed by atoms with Gasteiger partial charge in [-0.25, -0.2) is 4.79 Å². The van der Waals surface area contributed by atoms with Crippen molar-refractivity contribution in [1.29, 1.82) is 0 Å². The van der Waals surface area contributed by atoms with Crippen LogP contribution in [0, 0.1) is 41.4 Å². The fourth-order valence-electron chi connectivity index (χ4n) is 8.62. The molecule has 3 fully saturated rings. The molecule has 1 aromatic rings. The number of fused-ring (bicyclic) bond motifs is 5. The van der Waals surface area contributed by atoms with E-state index in [0.29, 0.717) is 22.9 Å². The number of carbonyl (C=O) groups is 2. The van der Waals surface area contributed by atoms with Crippen LogP contribution in [-0.4, -0.2) is 56.8 Å². The van der Waals surface area contributed by atoms with Crippen molar-refractivity contribution in [2.45, 2.75) is 105 Å². The van der Waals surface area contributed by atoms with Gasteiger partial charge in [-0.05, 0) is 95.3 Å². The van der Waals surface area contributed by atoms with Gasteiger partial charge in [-0.15, -0.1) is 0 Å². The Morgan fingerprint density at radius 2 is 1.88 bits per heavy atom. The molecular formula is C32H44N2O6. The first-order valence-electron chi connectivity index (χ1n) is 14.6. The predicted molar refractivity (Wildman–Crippen MR) is 148 cm³/mol. The monoisotopic (exact) mass is 552 g/mol. The summed E-state index contributed by atoms with van der Waals surface area (Å²) in [6.45, 7) is 20.0. The Bertz CT molecular complexity index is 1360. The normalized spacial score (nSPS) is 41.0. The van der Waals surface area contributed by atoms with Gasteiger partial charge in [0.05, 0.1) is 23.3 Å². The zero-order valence-electron chi connectivity index (χ0n) is 25.5. The Labute approximate surface area is 237 Å². The summed E-state index contributed by atoms with van der Waals surface area (Å²) in [4.78, 5) is 28.7. The maximum atomic E-state index is 14.8. The van der Waals surface area contributed by atoms with Gasteiger partial charge >= 0.3 is 5.97 Å². The van der Waals surface area contributed by atoms with E-state index in [2.05, 4.69) is 25.9 Å². The predicted octanol–water partition coefficient (Wildman–Crippen LogP) is 4.74. The van der Waals surface area contributed by atoms with Gasteiger partial charge in [-0.3, -0.25) is 9.48 Å². The molecule has 0 radical (unpaired) electrons. The average molecular weight is 553 g/mol. The van der Waals surface area contributed by atoms with Gasteiger partial charge in [0.15, 0.2) is 23.3 Å². The first-order valence-corrected chi connectivity index (χ1v) is 14.6. The number of nitrogens with zero attached hydrogens (tertiary/aromatic N) is 2. The van der Waals surface area contributed by atoms with E-state index in [1.54, 1.807) is 10.7 Å². The topological polar surface area (TPSA) is 99.9 Å². The lowest BCUT2D eigenvalue weighted by molar-refractivity contribution is -0.302. The lowest BCUT2D eigenvalue weighted by Gasteiger charge is -2.52. The zero-order valence-corrected chi connectivity index (χ0v) is 25.5. The van der Waals surface area contributed by atoms with Crippen LogP contribution in [0.2, 0.25) is 0 Å². The minimum Gasteiger partial charge on any atom is -0.450 e. The number of hydrogen-bond donors (Lipinski definition) is 1. The maximum Gasteiger partial charge on any atom is 0.357 e. The van der Waals surface area contributed by atoms with Crippen LogP contribution < -0.4 is 0 Å². The van der Waals surface area contributed by atoms with Gasteiger partial charge in [-0.2, -0.15) is 5.10 Å². The summed E-state index contributed by atoms with van der Waals surface area (Å²) in [5, 5.41) is 17.7. The SMILES string of the molecule is CC1=CC23C(=O)[C@@H](C=C4COC(C)(C)O[C@H]4[C@]2(O)[C@H]1OC(=O)c1cc(C)nn1C(C)(C)C)[C@H]1[C@@H](CC3C)C1(C)C. The molecule has 2 bridgehead atoms. The van der Waals surface area contributed by atoms with Crippen molar-refractivity contribution in [3.63, 3.8) is 0 Å². The number of hydrogen-bond acceptors (Lipinski definition) is 7. The van der Waals surface area contributed by atoms with E-state index in [4.69, 9.17) is 14.2 Å². The highest BCUT2D eigenvalue weighted by Crippen LogP contribution is 2.72. The van der Waals surface area contributed by atoms with Crippen molar-refractivity contribution >= 4 is 11.8 Å². The highest BCUT2D eigenvalue weighted by atomic mass is 16.7. The summed E-state index contributed by atoms with van der Waals surface area (Å²) in [6, 6.07) is 1.71. The number of Topliss-reactive ketones (excluding diaryl/α,β-unsaturated/α-hetero) is 1. The summed E-state index contributed by atoms with van der Waals surface area (Å²) < 4.78 is 20.5. The fraction of sp³-hybridized carbons (Fsp3) is 0.719. The van der Waals surface area contributed by atoms with E-state index in [0.717, 1.165) is 12.0 Å². The van der Waals surface area contributed by atoms with Crippen molar-refractivity contribution < 1.29 is 28.9 Å². The van der Waals surface area contributed by atoms with E-state index in [9.17, 15) is 14.7 Å². The molecule has 1 saturated heterocycles. The number of rotatable bonds is 2. The Balaban J connectivity index is 1.50. The van der Waals surface area contributed by atoms with Crippen LogP contribution in [0.25, 0.3) is 0 Å². The van der Waals surface area contributed by atoms with E-state index in [1.165, 1.54) is 0 Å². The van der Waals surface area contributed by atoms with E-state index in [1.807, 2.05) is 60.6 Å². The largest absolute Gasteiger partial charge is 0.450 e. The molecule has 40 heavy (non-hydrogen) atoms. The number of aryl methyl sites for hydroxylation is 1. The number of ketones is 1. The Morgan fingerprint density at radius 1 is 1.20 bits per heavy atom. The molecule has 8 heteroatoms. The lowest BCUT2D eigenvalue weighted by Crippen LogP contribution is -2.68. The van der Waals surface area contributed by atoms with Gasteiger partial charge in [-0.1, -0.05) is 32.9 Å². The molecule has 8 atom stereocenters. The molecule has 218 valence electrons. The van der Waals surface area contributed by atoms with Crippen LogP contribution >= 0.6 is 0 Å². The number of carbonyl (C=O) groups excluding carboxylic acids is 2. The van der Waals surface area contributed by atoms with Gasteiger partial charge in [0.25, 0.3) is 0 Å². The van der Waals surface area contributed by atoms with Crippen LogP contribution in [0.3, 0.4) is 0 Å². The second-order valence-electron chi connectivity index (χ2n) is 15.0. The molecule has 0 amide bonds. The number of allylic oxidation sites excluding steroid dienone is 1.